The molecule has 0 radical (unpaired) electrons. The maximum Gasteiger partial charge on any atom is 0.0948 e. The summed E-state index contributed by atoms with van der Waals surface area (Å²) in [6, 6.07) is 0.487. The zero-order chi connectivity index (χ0) is 12.3. The molecule has 0 aromatic carbocycles. The lowest BCUT2D eigenvalue weighted by atomic mass is 10.1. The van der Waals surface area contributed by atoms with Crippen molar-refractivity contribution >= 4 is 0 Å². The Morgan fingerprint density at radius 2 is 2.41 bits per heavy atom. The molecule has 1 aromatic rings. The number of aromatic nitrogens is 2. The average Bonchev–Trinajstić information content (AvgIpc) is 2.92. The van der Waals surface area contributed by atoms with E-state index in [4.69, 9.17) is 10.5 Å². The third-order valence-corrected chi connectivity index (χ3v) is 3.52. The normalized spacial score (nSPS) is 25.6. The molecule has 2 atom stereocenters. The Kier molecular flexibility index (Phi) is 4.15. The molecule has 1 saturated heterocycles. The highest BCUT2D eigenvalue weighted by Crippen LogP contribution is 2.30. The van der Waals surface area contributed by atoms with Gasteiger partial charge in [0, 0.05) is 39.0 Å². The molecule has 1 aliphatic heterocycles. The fraction of sp³-hybridized carbons (Fsp3) is 0.750. The van der Waals surface area contributed by atoms with Crippen LogP contribution in [0.25, 0.3) is 0 Å². The second kappa shape index (κ2) is 5.62. The smallest absolute Gasteiger partial charge is 0.0948 e. The SMILES string of the molecule is CCn1cncc1C1C(N)CCN1CCOC. The molecule has 0 spiro atoms. The molecule has 17 heavy (non-hydrogen) atoms. The molecule has 2 rings (SSSR count). The van der Waals surface area contributed by atoms with Crippen LogP contribution in [0.3, 0.4) is 0 Å². The van der Waals surface area contributed by atoms with Gasteiger partial charge in [-0.1, -0.05) is 0 Å². The first-order valence-corrected chi connectivity index (χ1v) is 6.26. The van der Waals surface area contributed by atoms with Crippen molar-refractivity contribution in [3.63, 3.8) is 0 Å². The standard InChI is InChI=1S/C12H22N4O/c1-3-15-9-14-8-11(15)12-10(13)4-5-16(12)6-7-17-2/h8-10,12H,3-7,13H2,1-2H3. The van der Waals surface area contributed by atoms with Crippen molar-refractivity contribution in [2.75, 3.05) is 26.8 Å². The highest BCUT2D eigenvalue weighted by molar-refractivity contribution is 5.11. The predicted molar refractivity (Wildman–Crippen MR) is 66.7 cm³/mol. The van der Waals surface area contributed by atoms with Crippen molar-refractivity contribution in [2.45, 2.75) is 32.0 Å². The number of likely N-dealkylation sites (tertiary alicyclic amines) is 1. The average molecular weight is 238 g/mol. The number of aryl methyl sites for hydroxylation is 1. The fourth-order valence-electron chi connectivity index (χ4n) is 2.59. The molecule has 0 amide bonds. The van der Waals surface area contributed by atoms with Crippen LogP contribution in [-0.4, -0.2) is 47.3 Å². The van der Waals surface area contributed by atoms with Gasteiger partial charge in [-0.3, -0.25) is 4.90 Å². The second-order valence-corrected chi connectivity index (χ2v) is 4.53. The van der Waals surface area contributed by atoms with Crippen LogP contribution in [-0.2, 0) is 11.3 Å². The summed E-state index contributed by atoms with van der Waals surface area (Å²) < 4.78 is 7.33. The maximum atomic E-state index is 6.23. The van der Waals surface area contributed by atoms with Crippen LogP contribution < -0.4 is 5.73 Å². The van der Waals surface area contributed by atoms with Crippen molar-refractivity contribution in [1.82, 2.24) is 14.5 Å². The number of nitrogens with two attached hydrogens (primary N) is 1. The van der Waals surface area contributed by atoms with E-state index in [9.17, 15) is 0 Å². The van der Waals surface area contributed by atoms with E-state index in [1.54, 1.807) is 7.11 Å². The van der Waals surface area contributed by atoms with Gasteiger partial charge < -0.3 is 15.0 Å². The largest absolute Gasteiger partial charge is 0.383 e. The summed E-state index contributed by atoms with van der Waals surface area (Å²) in [5.41, 5.74) is 7.46. The summed E-state index contributed by atoms with van der Waals surface area (Å²) in [5.74, 6) is 0. The van der Waals surface area contributed by atoms with Gasteiger partial charge in [-0.2, -0.15) is 0 Å². The molecule has 1 aromatic heterocycles. The Balaban J connectivity index is 2.15. The van der Waals surface area contributed by atoms with Gasteiger partial charge in [-0.25, -0.2) is 4.98 Å². The first kappa shape index (κ1) is 12.5. The van der Waals surface area contributed by atoms with Crippen molar-refractivity contribution in [1.29, 1.82) is 0 Å². The predicted octanol–water partition coefficient (Wildman–Crippen LogP) is 0.624. The summed E-state index contributed by atoms with van der Waals surface area (Å²) in [5, 5.41) is 0. The zero-order valence-electron chi connectivity index (χ0n) is 10.7. The van der Waals surface area contributed by atoms with E-state index in [2.05, 4.69) is 21.4 Å². The van der Waals surface area contributed by atoms with Gasteiger partial charge in [0.25, 0.3) is 0 Å². The van der Waals surface area contributed by atoms with Gasteiger partial charge >= 0.3 is 0 Å². The Morgan fingerprint density at radius 1 is 1.59 bits per heavy atom. The molecule has 2 unspecified atom stereocenters. The lowest BCUT2D eigenvalue weighted by Gasteiger charge is -2.27. The summed E-state index contributed by atoms with van der Waals surface area (Å²) in [6.45, 7) is 5.80. The topological polar surface area (TPSA) is 56.3 Å². The number of rotatable bonds is 5. The van der Waals surface area contributed by atoms with Crippen LogP contribution >= 0.6 is 0 Å². The Bertz CT molecular complexity index is 352. The van der Waals surface area contributed by atoms with Gasteiger partial charge in [0.05, 0.1) is 24.7 Å². The molecule has 2 N–H and O–H groups in total. The number of hydrogen-bond acceptors (Lipinski definition) is 4. The quantitative estimate of drug-likeness (QED) is 0.817. The van der Waals surface area contributed by atoms with E-state index in [0.717, 1.165) is 32.7 Å². The van der Waals surface area contributed by atoms with Crippen LogP contribution in [0, 0.1) is 0 Å². The number of ether oxygens (including phenoxy) is 1. The zero-order valence-corrected chi connectivity index (χ0v) is 10.7. The van der Waals surface area contributed by atoms with Crippen molar-refractivity contribution in [3.8, 4) is 0 Å². The molecule has 1 fully saturated rings. The minimum atomic E-state index is 0.203. The van der Waals surface area contributed by atoms with E-state index in [-0.39, 0.29) is 12.1 Å². The summed E-state index contributed by atoms with van der Waals surface area (Å²) in [7, 11) is 1.74. The summed E-state index contributed by atoms with van der Waals surface area (Å²) in [6.07, 6.45) is 4.87. The number of methoxy groups -OCH3 is 1. The molecule has 2 heterocycles. The number of nitrogens with zero attached hydrogens (tertiary/aromatic N) is 3. The van der Waals surface area contributed by atoms with Crippen LogP contribution in [0.4, 0.5) is 0 Å². The van der Waals surface area contributed by atoms with Gasteiger partial charge in [0.15, 0.2) is 0 Å². The van der Waals surface area contributed by atoms with Crippen LogP contribution in [0.15, 0.2) is 12.5 Å². The van der Waals surface area contributed by atoms with E-state index in [1.807, 2.05) is 12.5 Å². The van der Waals surface area contributed by atoms with Crippen LogP contribution in [0.2, 0.25) is 0 Å². The monoisotopic (exact) mass is 238 g/mol. The molecule has 0 aliphatic carbocycles. The van der Waals surface area contributed by atoms with Gasteiger partial charge in [0.1, 0.15) is 0 Å². The van der Waals surface area contributed by atoms with E-state index >= 15 is 0 Å². The fourth-order valence-corrected chi connectivity index (χ4v) is 2.59. The van der Waals surface area contributed by atoms with E-state index in [0.29, 0.717) is 0 Å². The van der Waals surface area contributed by atoms with E-state index in [1.165, 1.54) is 5.69 Å². The Morgan fingerprint density at radius 3 is 3.12 bits per heavy atom. The molecule has 96 valence electrons. The first-order valence-electron chi connectivity index (χ1n) is 6.26. The van der Waals surface area contributed by atoms with Crippen molar-refractivity contribution in [3.05, 3.63) is 18.2 Å². The molecular weight excluding hydrogens is 216 g/mol. The number of hydrogen-bond donors (Lipinski definition) is 1. The third-order valence-electron chi connectivity index (χ3n) is 3.52. The Labute approximate surface area is 103 Å². The van der Waals surface area contributed by atoms with Crippen molar-refractivity contribution < 1.29 is 4.74 Å². The van der Waals surface area contributed by atoms with Gasteiger partial charge in [-0.05, 0) is 13.3 Å². The minimum Gasteiger partial charge on any atom is -0.383 e. The molecule has 0 saturated carbocycles. The molecule has 5 nitrogen and oxygen atoms in total. The lowest BCUT2D eigenvalue weighted by molar-refractivity contribution is 0.136. The third kappa shape index (κ3) is 2.51. The van der Waals surface area contributed by atoms with Crippen molar-refractivity contribution in [2.24, 2.45) is 5.73 Å². The maximum absolute atomic E-state index is 6.23. The molecule has 1 aliphatic rings. The Hall–Kier alpha value is -0.910. The summed E-state index contributed by atoms with van der Waals surface area (Å²) >= 11 is 0. The van der Waals surface area contributed by atoms with Crippen LogP contribution in [0.1, 0.15) is 25.1 Å². The van der Waals surface area contributed by atoms with E-state index < -0.39 is 0 Å². The lowest BCUT2D eigenvalue weighted by Crippen LogP contribution is -2.35. The highest BCUT2D eigenvalue weighted by atomic mass is 16.5. The number of imidazole rings is 1. The first-order chi connectivity index (χ1) is 8.27. The molecular formula is C12H22N4O. The molecule has 0 bridgehead atoms. The summed E-state index contributed by atoms with van der Waals surface area (Å²) in [4.78, 5) is 6.64. The molecule has 5 heteroatoms. The minimum absolute atomic E-state index is 0.203. The highest BCUT2D eigenvalue weighted by Gasteiger charge is 2.34. The van der Waals surface area contributed by atoms with Gasteiger partial charge in [-0.15, -0.1) is 0 Å². The second-order valence-electron chi connectivity index (χ2n) is 4.53. The van der Waals surface area contributed by atoms with Crippen LogP contribution in [0.5, 0.6) is 0 Å². The van der Waals surface area contributed by atoms with Gasteiger partial charge in [0.2, 0.25) is 0 Å².